The second kappa shape index (κ2) is 9.66. The number of anilines is 1. The lowest BCUT2D eigenvalue weighted by Gasteiger charge is -2.11. The molecule has 2 aromatic carbocycles. The van der Waals surface area contributed by atoms with Crippen LogP contribution in [0.3, 0.4) is 0 Å². The molecule has 2 aromatic rings. The van der Waals surface area contributed by atoms with Crippen molar-refractivity contribution >= 4 is 29.2 Å². The predicted molar refractivity (Wildman–Crippen MR) is 95.6 cm³/mol. The summed E-state index contributed by atoms with van der Waals surface area (Å²) in [5.74, 6) is -1.02. The molecule has 0 fully saturated rings. The van der Waals surface area contributed by atoms with Crippen molar-refractivity contribution < 1.29 is 19.4 Å². The Hall–Kier alpha value is -2.57. The Morgan fingerprint density at radius 1 is 1.12 bits per heavy atom. The molecule has 0 saturated heterocycles. The molecule has 7 heteroatoms. The zero-order valence-electron chi connectivity index (χ0n) is 13.5. The van der Waals surface area contributed by atoms with Gasteiger partial charge < -0.3 is 20.5 Å². The number of esters is 1. The number of aliphatic hydroxyl groups is 1. The summed E-state index contributed by atoms with van der Waals surface area (Å²) in [6.45, 7) is 0.166. The lowest BCUT2D eigenvalue weighted by molar-refractivity contribution is -0.124. The van der Waals surface area contributed by atoms with Crippen LogP contribution >= 0.6 is 11.6 Å². The summed E-state index contributed by atoms with van der Waals surface area (Å²) in [4.78, 5) is 24.0. The van der Waals surface area contributed by atoms with E-state index in [1.54, 1.807) is 42.5 Å². The summed E-state index contributed by atoms with van der Waals surface area (Å²) in [6.07, 6.45) is 0. The molecule has 3 N–H and O–H groups in total. The van der Waals surface area contributed by atoms with Gasteiger partial charge >= 0.3 is 5.97 Å². The molecular weight excluding hydrogens is 344 g/mol. The van der Waals surface area contributed by atoms with Crippen LogP contribution in [-0.2, 0) is 16.1 Å². The summed E-state index contributed by atoms with van der Waals surface area (Å²) in [5, 5.41) is 15.0. The van der Waals surface area contributed by atoms with Gasteiger partial charge in [-0.05, 0) is 29.8 Å². The van der Waals surface area contributed by atoms with Gasteiger partial charge in [0, 0.05) is 23.8 Å². The minimum Gasteiger partial charge on any atom is -0.452 e. The van der Waals surface area contributed by atoms with Crippen LogP contribution in [0, 0.1) is 0 Å². The van der Waals surface area contributed by atoms with E-state index in [-0.39, 0.29) is 13.2 Å². The molecular formula is C18H19ClN2O4. The van der Waals surface area contributed by atoms with E-state index in [4.69, 9.17) is 21.4 Å². The fourth-order valence-corrected chi connectivity index (χ4v) is 2.33. The summed E-state index contributed by atoms with van der Waals surface area (Å²) >= 11 is 5.88. The number of aliphatic hydroxyl groups excluding tert-OH is 1. The zero-order valence-corrected chi connectivity index (χ0v) is 14.3. The van der Waals surface area contributed by atoms with Crippen LogP contribution in [-0.4, -0.2) is 36.7 Å². The first-order valence-corrected chi connectivity index (χ1v) is 8.10. The molecule has 0 aliphatic carbocycles. The van der Waals surface area contributed by atoms with Crippen molar-refractivity contribution in [3.63, 3.8) is 0 Å². The summed E-state index contributed by atoms with van der Waals surface area (Å²) < 4.78 is 5.04. The molecule has 132 valence electrons. The van der Waals surface area contributed by atoms with Crippen molar-refractivity contribution in [1.29, 1.82) is 0 Å². The fourth-order valence-electron chi connectivity index (χ4n) is 2.11. The average Bonchev–Trinajstić information content (AvgIpc) is 2.63. The van der Waals surface area contributed by atoms with E-state index in [0.717, 1.165) is 5.56 Å². The number of rotatable bonds is 8. The van der Waals surface area contributed by atoms with E-state index in [9.17, 15) is 9.59 Å². The van der Waals surface area contributed by atoms with Gasteiger partial charge in [-0.2, -0.15) is 0 Å². The minimum atomic E-state index is -0.612. The number of ether oxygens (including phenoxy) is 1. The third-order valence-electron chi connectivity index (χ3n) is 3.29. The fraction of sp³-hybridized carbons (Fsp3) is 0.222. The predicted octanol–water partition coefficient (Wildman–Crippen LogP) is 2.22. The Morgan fingerprint density at radius 2 is 1.92 bits per heavy atom. The molecule has 25 heavy (non-hydrogen) atoms. The molecule has 0 heterocycles. The number of hydrogen-bond acceptors (Lipinski definition) is 5. The van der Waals surface area contributed by atoms with Crippen molar-refractivity contribution in [2.75, 3.05) is 25.1 Å². The van der Waals surface area contributed by atoms with E-state index in [1.165, 1.54) is 0 Å². The quantitative estimate of drug-likeness (QED) is 0.627. The molecule has 0 radical (unpaired) electrons. The molecule has 0 bridgehead atoms. The van der Waals surface area contributed by atoms with Gasteiger partial charge in [0.25, 0.3) is 5.91 Å². The Balaban J connectivity index is 1.84. The largest absolute Gasteiger partial charge is 0.452 e. The van der Waals surface area contributed by atoms with Crippen molar-refractivity contribution in [3.05, 3.63) is 64.7 Å². The third-order valence-corrected chi connectivity index (χ3v) is 3.52. The number of benzene rings is 2. The van der Waals surface area contributed by atoms with Crippen LogP contribution in [0.1, 0.15) is 15.9 Å². The van der Waals surface area contributed by atoms with Gasteiger partial charge in [0.1, 0.15) is 0 Å². The lowest BCUT2D eigenvalue weighted by Crippen LogP contribution is -2.28. The standard InChI is InChI=1S/C18H19ClN2O4/c19-14-5-3-4-13(10-14)11-21-17(23)12-25-18(24)15-6-1-2-7-16(15)20-8-9-22/h1-7,10,20,22H,8-9,11-12H2,(H,21,23). The highest BCUT2D eigenvalue weighted by atomic mass is 35.5. The molecule has 0 aromatic heterocycles. The van der Waals surface area contributed by atoms with Gasteiger partial charge in [-0.25, -0.2) is 4.79 Å². The summed E-state index contributed by atoms with van der Waals surface area (Å²) in [6, 6.07) is 13.9. The van der Waals surface area contributed by atoms with E-state index in [1.807, 2.05) is 6.07 Å². The minimum absolute atomic E-state index is 0.0602. The second-order valence-corrected chi connectivity index (χ2v) is 5.62. The number of carbonyl (C=O) groups is 2. The van der Waals surface area contributed by atoms with Gasteiger partial charge in [0.15, 0.2) is 6.61 Å². The topological polar surface area (TPSA) is 87.7 Å². The molecule has 0 atom stereocenters. The van der Waals surface area contributed by atoms with E-state index in [2.05, 4.69) is 10.6 Å². The highest BCUT2D eigenvalue weighted by Crippen LogP contribution is 2.16. The first kappa shape index (κ1) is 18.8. The van der Waals surface area contributed by atoms with Crippen molar-refractivity contribution in [2.45, 2.75) is 6.54 Å². The molecule has 0 spiro atoms. The molecule has 1 amide bonds. The van der Waals surface area contributed by atoms with Crippen molar-refractivity contribution in [2.24, 2.45) is 0 Å². The molecule has 0 unspecified atom stereocenters. The summed E-state index contributed by atoms with van der Waals surface area (Å²) in [5.41, 5.74) is 1.70. The van der Waals surface area contributed by atoms with Gasteiger partial charge in [0.05, 0.1) is 12.2 Å². The maximum atomic E-state index is 12.1. The van der Waals surface area contributed by atoms with Crippen molar-refractivity contribution in [1.82, 2.24) is 5.32 Å². The average molecular weight is 363 g/mol. The van der Waals surface area contributed by atoms with E-state index >= 15 is 0 Å². The van der Waals surface area contributed by atoms with E-state index < -0.39 is 11.9 Å². The van der Waals surface area contributed by atoms with Crippen LogP contribution in [0.4, 0.5) is 5.69 Å². The Kier molecular flexibility index (Phi) is 7.25. The number of para-hydroxylation sites is 1. The van der Waals surface area contributed by atoms with Crippen LogP contribution in [0.25, 0.3) is 0 Å². The maximum Gasteiger partial charge on any atom is 0.340 e. The third kappa shape index (κ3) is 6.10. The van der Waals surface area contributed by atoms with Gasteiger partial charge in [-0.15, -0.1) is 0 Å². The molecule has 0 aliphatic rings. The summed E-state index contributed by atoms with van der Waals surface area (Å²) in [7, 11) is 0. The lowest BCUT2D eigenvalue weighted by atomic mass is 10.2. The van der Waals surface area contributed by atoms with E-state index in [0.29, 0.717) is 29.4 Å². The van der Waals surface area contributed by atoms with Crippen LogP contribution in [0.2, 0.25) is 5.02 Å². The number of amides is 1. The zero-order chi connectivity index (χ0) is 18.1. The second-order valence-electron chi connectivity index (χ2n) is 5.18. The van der Waals surface area contributed by atoms with Gasteiger partial charge in [-0.3, -0.25) is 4.79 Å². The number of halogens is 1. The smallest absolute Gasteiger partial charge is 0.340 e. The Labute approximate surface area is 150 Å². The first-order chi connectivity index (χ1) is 12.1. The highest BCUT2D eigenvalue weighted by Gasteiger charge is 2.14. The van der Waals surface area contributed by atoms with Crippen molar-refractivity contribution in [3.8, 4) is 0 Å². The molecule has 0 aliphatic heterocycles. The first-order valence-electron chi connectivity index (χ1n) is 7.72. The Bertz CT molecular complexity index is 737. The molecule has 2 rings (SSSR count). The van der Waals surface area contributed by atoms with Crippen LogP contribution in [0.5, 0.6) is 0 Å². The molecule has 0 saturated carbocycles. The number of carbonyl (C=O) groups excluding carboxylic acids is 2. The maximum absolute atomic E-state index is 12.1. The van der Waals surface area contributed by atoms with Gasteiger partial charge in [-0.1, -0.05) is 35.9 Å². The van der Waals surface area contributed by atoms with Crippen LogP contribution in [0.15, 0.2) is 48.5 Å². The Morgan fingerprint density at radius 3 is 2.68 bits per heavy atom. The SMILES string of the molecule is O=C(COC(=O)c1ccccc1NCCO)NCc1cccc(Cl)c1. The number of hydrogen-bond donors (Lipinski definition) is 3. The monoisotopic (exact) mass is 362 g/mol. The van der Waals surface area contributed by atoms with Crippen LogP contribution < -0.4 is 10.6 Å². The normalized spacial score (nSPS) is 10.2. The van der Waals surface area contributed by atoms with Gasteiger partial charge in [0.2, 0.25) is 0 Å². The highest BCUT2D eigenvalue weighted by molar-refractivity contribution is 6.30. The molecule has 6 nitrogen and oxygen atoms in total. The number of nitrogens with one attached hydrogen (secondary N) is 2.